The average molecular weight is 141 g/mol. The van der Waals surface area contributed by atoms with Crippen molar-refractivity contribution in [1.29, 1.82) is 0 Å². The molecule has 0 aliphatic carbocycles. The Morgan fingerprint density at radius 2 is 2.20 bits per heavy atom. The molecule has 0 aromatic heterocycles. The molecule has 1 atom stereocenters. The van der Waals surface area contributed by atoms with Crippen LogP contribution < -0.4 is 5.32 Å². The number of nitrogens with one attached hydrogen (secondary N) is 1. The molecule has 0 bridgehead atoms. The second-order valence-corrected chi connectivity index (χ2v) is 2.89. The van der Waals surface area contributed by atoms with Crippen molar-refractivity contribution in [3.63, 3.8) is 0 Å². The predicted octanol–water partition coefficient (Wildman–Crippen LogP) is 2.55. The van der Waals surface area contributed by atoms with Crippen molar-refractivity contribution in [1.82, 2.24) is 5.32 Å². The molecule has 0 saturated carbocycles. The van der Waals surface area contributed by atoms with Gasteiger partial charge >= 0.3 is 0 Å². The largest absolute Gasteiger partial charge is 0.392 e. The van der Waals surface area contributed by atoms with Crippen LogP contribution in [0.3, 0.4) is 0 Å². The van der Waals surface area contributed by atoms with E-state index in [-0.39, 0.29) is 0 Å². The molecule has 0 fully saturated rings. The van der Waals surface area contributed by atoms with Crippen molar-refractivity contribution < 1.29 is 0 Å². The van der Waals surface area contributed by atoms with E-state index < -0.39 is 0 Å². The minimum absolute atomic E-state index is 0.822. The minimum atomic E-state index is 0.822. The molecule has 0 aromatic rings. The van der Waals surface area contributed by atoms with Gasteiger partial charge in [-0.1, -0.05) is 26.3 Å². The SMILES string of the molecule is CCC(C)C/C=C(\C)NC. The summed E-state index contributed by atoms with van der Waals surface area (Å²) in [4.78, 5) is 0. The van der Waals surface area contributed by atoms with Gasteiger partial charge < -0.3 is 5.32 Å². The van der Waals surface area contributed by atoms with Gasteiger partial charge in [-0.2, -0.15) is 0 Å². The quantitative estimate of drug-likeness (QED) is 0.634. The van der Waals surface area contributed by atoms with Crippen molar-refractivity contribution in [2.45, 2.75) is 33.6 Å². The molecular weight excluding hydrogens is 122 g/mol. The van der Waals surface area contributed by atoms with Crippen LogP contribution in [0.15, 0.2) is 11.8 Å². The van der Waals surface area contributed by atoms with E-state index in [9.17, 15) is 0 Å². The third kappa shape index (κ3) is 4.42. The summed E-state index contributed by atoms with van der Waals surface area (Å²) in [5, 5.41) is 3.11. The summed E-state index contributed by atoms with van der Waals surface area (Å²) in [6.07, 6.45) is 4.73. The summed E-state index contributed by atoms with van der Waals surface area (Å²) in [6.45, 7) is 6.61. The molecule has 60 valence electrons. The highest BCUT2D eigenvalue weighted by Crippen LogP contribution is 2.07. The Bertz CT molecular complexity index is 105. The van der Waals surface area contributed by atoms with Crippen LogP contribution in [-0.4, -0.2) is 7.05 Å². The lowest BCUT2D eigenvalue weighted by molar-refractivity contribution is 0.569. The van der Waals surface area contributed by atoms with Crippen molar-refractivity contribution in [3.05, 3.63) is 11.8 Å². The summed E-state index contributed by atoms with van der Waals surface area (Å²) in [6, 6.07) is 0. The lowest BCUT2D eigenvalue weighted by Gasteiger charge is -2.04. The molecule has 0 rings (SSSR count). The summed E-state index contributed by atoms with van der Waals surface area (Å²) < 4.78 is 0. The van der Waals surface area contributed by atoms with E-state index in [0.29, 0.717) is 0 Å². The average Bonchev–Trinajstić information content (AvgIpc) is 1.99. The molecule has 0 aromatic carbocycles. The Hall–Kier alpha value is -0.460. The Balaban J connectivity index is 3.50. The molecule has 10 heavy (non-hydrogen) atoms. The van der Waals surface area contributed by atoms with E-state index >= 15 is 0 Å². The maximum atomic E-state index is 3.11. The first kappa shape index (κ1) is 9.54. The molecule has 0 aliphatic heterocycles. The Morgan fingerprint density at radius 1 is 1.60 bits per heavy atom. The summed E-state index contributed by atoms with van der Waals surface area (Å²) in [5.74, 6) is 0.822. The predicted molar refractivity (Wildman–Crippen MR) is 46.9 cm³/mol. The lowest BCUT2D eigenvalue weighted by Crippen LogP contribution is -2.02. The van der Waals surface area contributed by atoms with E-state index in [1.807, 2.05) is 7.05 Å². The normalized spacial score (nSPS) is 15.0. The van der Waals surface area contributed by atoms with E-state index in [0.717, 1.165) is 5.92 Å². The third-order valence-corrected chi connectivity index (χ3v) is 1.92. The number of hydrogen-bond donors (Lipinski definition) is 1. The second-order valence-electron chi connectivity index (χ2n) is 2.89. The Kier molecular flexibility index (Phi) is 5.09. The van der Waals surface area contributed by atoms with Crippen LogP contribution in [0, 0.1) is 5.92 Å². The zero-order chi connectivity index (χ0) is 7.98. The summed E-state index contributed by atoms with van der Waals surface area (Å²) in [7, 11) is 1.96. The zero-order valence-corrected chi connectivity index (χ0v) is 7.57. The topological polar surface area (TPSA) is 12.0 Å². The van der Waals surface area contributed by atoms with Crippen LogP contribution in [0.4, 0.5) is 0 Å². The van der Waals surface area contributed by atoms with Crippen molar-refractivity contribution in [2.24, 2.45) is 5.92 Å². The molecule has 0 radical (unpaired) electrons. The number of allylic oxidation sites excluding steroid dienone is 2. The highest BCUT2D eigenvalue weighted by atomic mass is 14.8. The molecule has 1 heteroatoms. The number of hydrogen-bond acceptors (Lipinski definition) is 1. The first-order chi connectivity index (χ1) is 4.70. The number of rotatable bonds is 4. The summed E-state index contributed by atoms with van der Waals surface area (Å²) >= 11 is 0. The van der Waals surface area contributed by atoms with Gasteiger partial charge in [-0.25, -0.2) is 0 Å². The first-order valence-electron chi connectivity index (χ1n) is 4.05. The van der Waals surface area contributed by atoms with Gasteiger partial charge in [-0.15, -0.1) is 0 Å². The van der Waals surface area contributed by atoms with Crippen LogP contribution in [0.2, 0.25) is 0 Å². The van der Waals surface area contributed by atoms with Gasteiger partial charge in [-0.3, -0.25) is 0 Å². The highest BCUT2D eigenvalue weighted by Gasteiger charge is 1.94. The van der Waals surface area contributed by atoms with Crippen molar-refractivity contribution in [2.75, 3.05) is 7.05 Å². The molecule has 0 spiro atoms. The Morgan fingerprint density at radius 3 is 2.60 bits per heavy atom. The molecule has 1 N–H and O–H groups in total. The molecule has 0 heterocycles. The third-order valence-electron chi connectivity index (χ3n) is 1.92. The van der Waals surface area contributed by atoms with Crippen molar-refractivity contribution >= 4 is 0 Å². The fourth-order valence-electron chi connectivity index (χ4n) is 0.647. The maximum absolute atomic E-state index is 3.11. The van der Waals surface area contributed by atoms with Gasteiger partial charge in [0.2, 0.25) is 0 Å². The molecule has 1 nitrogen and oxygen atoms in total. The second kappa shape index (κ2) is 5.33. The summed E-state index contributed by atoms with van der Waals surface area (Å²) in [5.41, 5.74) is 1.28. The van der Waals surface area contributed by atoms with Crippen LogP contribution in [0.25, 0.3) is 0 Å². The van der Waals surface area contributed by atoms with E-state index in [1.54, 1.807) is 0 Å². The van der Waals surface area contributed by atoms with Crippen LogP contribution in [0.1, 0.15) is 33.6 Å². The van der Waals surface area contributed by atoms with Gasteiger partial charge in [0.15, 0.2) is 0 Å². The fraction of sp³-hybridized carbons (Fsp3) is 0.778. The maximum Gasteiger partial charge on any atom is 0.00320 e. The van der Waals surface area contributed by atoms with E-state index in [2.05, 4.69) is 32.2 Å². The fourth-order valence-corrected chi connectivity index (χ4v) is 0.647. The zero-order valence-electron chi connectivity index (χ0n) is 7.57. The minimum Gasteiger partial charge on any atom is -0.392 e. The van der Waals surface area contributed by atoms with Crippen LogP contribution in [0.5, 0.6) is 0 Å². The van der Waals surface area contributed by atoms with Gasteiger partial charge in [0.1, 0.15) is 0 Å². The van der Waals surface area contributed by atoms with Crippen molar-refractivity contribution in [3.8, 4) is 0 Å². The molecule has 0 saturated heterocycles. The van der Waals surface area contributed by atoms with Gasteiger partial charge in [0.05, 0.1) is 0 Å². The highest BCUT2D eigenvalue weighted by molar-refractivity contribution is 4.94. The monoisotopic (exact) mass is 141 g/mol. The van der Waals surface area contributed by atoms with E-state index in [1.165, 1.54) is 18.5 Å². The smallest absolute Gasteiger partial charge is 0.00320 e. The standard InChI is InChI=1S/C9H19N/c1-5-8(2)6-7-9(3)10-4/h7-8,10H,5-6H2,1-4H3/b9-7+. The molecule has 0 amide bonds. The van der Waals surface area contributed by atoms with Gasteiger partial charge in [0, 0.05) is 12.7 Å². The Labute approximate surface area is 64.5 Å². The van der Waals surface area contributed by atoms with E-state index in [4.69, 9.17) is 0 Å². The van der Waals surface area contributed by atoms with Crippen LogP contribution >= 0.6 is 0 Å². The van der Waals surface area contributed by atoms with Gasteiger partial charge in [0.25, 0.3) is 0 Å². The molecule has 0 aliphatic rings. The first-order valence-corrected chi connectivity index (χ1v) is 4.05. The van der Waals surface area contributed by atoms with Crippen LogP contribution in [-0.2, 0) is 0 Å². The van der Waals surface area contributed by atoms with Gasteiger partial charge in [-0.05, 0) is 19.3 Å². The molecule has 1 unspecified atom stereocenters. The molecular formula is C9H19N. The lowest BCUT2D eigenvalue weighted by atomic mass is 10.0.